The quantitative estimate of drug-likeness (QED) is 0.360. The van der Waals surface area contributed by atoms with Gasteiger partial charge in [0.1, 0.15) is 5.82 Å². The van der Waals surface area contributed by atoms with Gasteiger partial charge in [0, 0.05) is 61.3 Å². The number of methoxy groups -OCH3 is 1. The lowest BCUT2D eigenvalue weighted by molar-refractivity contribution is -0.134. The summed E-state index contributed by atoms with van der Waals surface area (Å²) in [5.74, 6) is -0.453. The number of nitrogens with zero attached hydrogens (tertiary/aromatic N) is 5. The second-order valence-electron chi connectivity index (χ2n) is 10.5. The van der Waals surface area contributed by atoms with E-state index >= 15 is 0 Å². The van der Waals surface area contributed by atoms with E-state index in [0.717, 1.165) is 16.8 Å². The van der Waals surface area contributed by atoms with E-state index < -0.39 is 11.9 Å². The van der Waals surface area contributed by atoms with Crippen LogP contribution in [0.25, 0.3) is 6.08 Å². The zero-order valence-corrected chi connectivity index (χ0v) is 22.1. The summed E-state index contributed by atoms with van der Waals surface area (Å²) in [6.07, 6.45) is 6.62. The lowest BCUT2D eigenvalue weighted by Gasteiger charge is -2.23. The maximum atomic E-state index is 13.7. The van der Waals surface area contributed by atoms with Crippen molar-refractivity contribution in [3.8, 4) is 6.07 Å². The van der Waals surface area contributed by atoms with Crippen LogP contribution in [0.3, 0.4) is 0 Å². The molecule has 0 radical (unpaired) electrons. The van der Waals surface area contributed by atoms with Gasteiger partial charge in [-0.3, -0.25) is 9.59 Å². The van der Waals surface area contributed by atoms with E-state index in [1.165, 1.54) is 13.2 Å². The summed E-state index contributed by atoms with van der Waals surface area (Å²) in [6.45, 7) is 5.59. The Morgan fingerprint density at radius 2 is 2.05 bits per heavy atom. The predicted molar refractivity (Wildman–Crippen MR) is 146 cm³/mol. The molecule has 0 saturated carbocycles. The van der Waals surface area contributed by atoms with Gasteiger partial charge in [0.15, 0.2) is 0 Å². The van der Waals surface area contributed by atoms with Crippen molar-refractivity contribution < 1.29 is 19.1 Å². The third-order valence-corrected chi connectivity index (χ3v) is 7.33. The number of hydrogen-bond acceptors (Lipinski definition) is 6. The first kappa shape index (κ1) is 25.9. The SMILES string of the molecule is COC(=O)/C=C/c1nccn1Cc1ccc2c(c1)C(C)(C)CN2C(=O)[C@H]1CC(=O)N(c2cccc(C#N)c2)C1. The zero-order chi connectivity index (χ0) is 27.7. The van der Waals surface area contributed by atoms with Gasteiger partial charge in [0.2, 0.25) is 11.8 Å². The Balaban J connectivity index is 1.35. The van der Waals surface area contributed by atoms with E-state index in [2.05, 4.69) is 35.7 Å². The van der Waals surface area contributed by atoms with E-state index in [0.29, 0.717) is 36.7 Å². The van der Waals surface area contributed by atoms with Crippen LogP contribution in [0.1, 0.15) is 42.8 Å². The number of imidazole rings is 1. The Hall–Kier alpha value is -4.71. The van der Waals surface area contributed by atoms with Crippen LogP contribution in [0.5, 0.6) is 0 Å². The third-order valence-electron chi connectivity index (χ3n) is 7.33. The van der Waals surface area contributed by atoms with Crippen molar-refractivity contribution in [3.05, 3.63) is 83.4 Å². The molecule has 1 saturated heterocycles. The Labute approximate surface area is 226 Å². The summed E-state index contributed by atoms with van der Waals surface area (Å²) < 4.78 is 6.60. The van der Waals surface area contributed by atoms with E-state index in [4.69, 9.17) is 0 Å². The number of aromatic nitrogens is 2. The van der Waals surface area contributed by atoms with Crippen molar-refractivity contribution in [1.29, 1.82) is 5.26 Å². The molecule has 39 heavy (non-hydrogen) atoms. The highest BCUT2D eigenvalue weighted by atomic mass is 16.5. The molecule has 9 nitrogen and oxygen atoms in total. The number of amides is 2. The number of ether oxygens (including phenoxy) is 1. The van der Waals surface area contributed by atoms with Crippen LogP contribution in [-0.2, 0) is 31.1 Å². The fourth-order valence-corrected chi connectivity index (χ4v) is 5.33. The van der Waals surface area contributed by atoms with E-state index in [9.17, 15) is 19.6 Å². The summed E-state index contributed by atoms with van der Waals surface area (Å²) >= 11 is 0. The minimum Gasteiger partial charge on any atom is -0.466 e. The lowest BCUT2D eigenvalue weighted by Crippen LogP contribution is -2.39. The molecular formula is C30H29N5O4. The number of anilines is 2. The highest BCUT2D eigenvalue weighted by Gasteiger charge is 2.43. The summed E-state index contributed by atoms with van der Waals surface area (Å²) in [7, 11) is 1.33. The third kappa shape index (κ3) is 5.06. The number of hydrogen-bond donors (Lipinski definition) is 0. The first-order chi connectivity index (χ1) is 18.7. The van der Waals surface area contributed by atoms with Crippen LogP contribution in [0.15, 0.2) is 60.9 Å². The summed E-state index contributed by atoms with van der Waals surface area (Å²) in [5, 5.41) is 9.22. The first-order valence-electron chi connectivity index (χ1n) is 12.7. The van der Waals surface area contributed by atoms with Gasteiger partial charge in [-0.05, 0) is 41.5 Å². The van der Waals surface area contributed by atoms with Crippen molar-refractivity contribution in [1.82, 2.24) is 9.55 Å². The number of esters is 1. The summed E-state index contributed by atoms with van der Waals surface area (Å²) in [6, 6.07) is 15.1. The molecule has 0 unspecified atom stereocenters. The number of carbonyl (C=O) groups excluding carboxylic acids is 3. The zero-order valence-electron chi connectivity index (χ0n) is 22.1. The van der Waals surface area contributed by atoms with Crippen molar-refractivity contribution in [2.24, 2.45) is 5.92 Å². The van der Waals surface area contributed by atoms with Crippen molar-refractivity contribution in [2.75, 3.05) is 30.0 Å². The van der Waals surface area contributed by atoms with Gasteiger partial charge in [0.05, 0.1) is 24.7 Å². The molecule has 1 fully saturated rings. The number of rotatable bonds is 6. The lowest BCUT2D eigenvalue weighted by atomic mass is 9.86. The highest BCUT2D eigenvalue weighted by Crippen LogP contribution is 2.42. The number of fused-ring (bicyclic) bond motifs is 1. The summed E-state index contributed by atoms with van der Waals surface area (Å²) in [5.41, 5.74) is 3.82. The largest absolute Gasteiger partial charge is 0.466 e. The normalized spacial score (nSPS) is 17.9. The van der Waals surface area contributed by atoms with Gasteiger partial charge in [-0.15, -0.1) is 0 Å². The van der Waals surface area contributed by atoms with Crippen LogP contribution in [0, 0.1) is 17.2 Å². The molecule has 2 aromatic carbocycles. The fourth-order valence-electron chi connectivity index (χ4n) is 5.33. The van der Waals surface area contributed by atoms with Gasteiger partial charge in [-0.1, -0.05) is 32.0 Å². The molecule has 0 aliphatic carbocycles. The number of nitriles is 1. The Morgan fingerprint density at radius 1 is 1.23 bits per heavy atom. The number of benzene rings is 2. The van der Waals surface area contributed by atoms with Crippen molar-refractivity contribution >= 4 is 35.2 Å². The molecule has 1 atom stereocenters. The Morgan fingerprint density at radius 3 is 2.82 bits per heavy atom. The smallest absolute Gasteiger partial charge is 0.330 e. The van der Waals surface area contributed by atoms with Crippen LogP contribution in [-0.4, -0.2) is 47.5 Å². The van der Waals surface area contributed by atoms with Crippen molar-refractivity contribution in [2.45, 2.75) is 32.2 Å². The van der Waals surface area contributed by atoms with Gasteiger partial charge < -0.3 is 19.1 Å². The van der Waals surface area contributed by atoms with Crippen molar-refractivity contribution in [3.63, 3.8) is 0 Å². The van der Waals surface area contributed by atoms with Crippen LogP contribution in [0.4, 0.5) is 11.4 Å². The predicted octanol–water partition coefficient (Wildman–Crippen LogP) is 3.67. The number of carbonyl (C=O) groups is 3. The molecule has 0 spiro atoms. The molecule has 1 aromatic heterocycles. The van der Waals surface area contributed by atoms with Crippen LogP contribution >= 0.6 is 0 Å². The average Bonchev–Trinajstić information content (AvgIpc) is 3.62. The van der Waals surface area contributed by atoms with Gasteiger partial charge in [0.25, 0.3) is 0 Å². The molecule has 2 aliphatic rings. The monoisotopic (exact) mass is 523 g/mol. The van der Waals surface area contributed by atoms with Crippen LogP contribution < -0.4 is 9.80 Å². The van der Waals surface area contributed by atoms with E-state index in [-0.39, 0.29) is 23.7 Å². The van der Waals surface area contributed by atoms with E-state index in [1.54, 1.807) is 41.4 Å². The van der Waals surface area contributed by atoms with Gasteiger partial charge in [-0.25, -0.2) is 9.78 Å². The second kappa shape index (κ2) is 10.2. The molecule has 0 bridgehead atoms. The molecular weight excluding hydrogens is 494 g/mol. The molecule has 198 valence electrons. The minimum atomic E-state index is -0.459. The molecule has 3 aromatic rings. The average molecular weight is 524 g/mol. The molecule has 5 rings (SSSR count). The molecule has 0 N–H and O–H groups in total. The topological polar surface area (TPSA) is 109 Å². The van der Waals surface area contributed by atoms with Gasteiger partial charge in [-0.2, -0.15) is 5.26 Å². The molecule has 2 amide bonds. The Kier molecular flexibility index (Phi) is 6.79. The van der Waals surface area contributed by atoms with Crippen LogP contribution in [0.2, 0.25) is 0 Å². The molecule has 9 heteroatoms. The first-order valence-corrected chi connectivity index (χ1v) is 12.7. The summed E-state index contributed by atoms with van der Waals surface area (Å²) in [4.78, 5) is 45.8. The standard InChI is InChI=1S/C30H29N5O4/c1-30(2)19-35(29(38)22-15-27(36)34(18-22)23-6-4-5-20(13-23)16-31)25-8-7-21(14-24(25)30)17-33-12-11-32-26(33)9-10-28(37)39-3/h4-14,22H,15,17-19H2,1-3H3/b10-9+/t22-/m0/s1. The minimum absolute atomic E-state index is 0.0632. The maximum Gasteiger partial charge on any atom is 0.330 e. The molecule has 3 heterocycles. The molecule has 2 aliphatic heterocycles. The maximum absolute atomic E-state index is 13.7. The Bertz CT molecular complexity index is 1530. The highest BCUT2D eigenvalue weighted by molar-refractivity contribution is 6.05. The fraction of sp³-hybridized carbons (Fsp3) is 0.300. The van der Waals surface area contributed by atoms with E-state index in [1.807, 2.05) is 27.8 Å². The second-order valence-corrected chi connectivity index (χ2v) is 10.5. The van der Waals surface area contributed by atoms with Gasteiger partial charge >= 0.3 is 5.97 Å².